The van der Waals surface area contributed by atoms with Crippen LogP contribution in [0.4, 0.5) is 11.5 Å². The summed E-state index contributed by atoms with van der Waals surface area (Å²) in [6.07, 6.45) is 0. The van der Waals surface area contributed by atoms with Crippen molar-refractivity contribution in [2.75, 3.05) is 5.32 Å². The lowest BCUT2D eigenvalue weighted by atomic mass is 10.5. The molecule has 0 spiro atoms. The Kier molecular flexibility index (Phi) is 2.65. The van der Waals surface area contributed by atoms with E-state index in [9.17, 15) is 0 Å². The summed E-state index contributed by atoms with van der Waals surface area (Å²) < 4.78 is 0. The molecule has 1 N–H and O–H groups in total. The topological polar surface area (TPSA) is 37.8 Å². The fraction of sp³-hybridized carbons (Fsp3) is 0.111. The highest BCUT2D eigenvalue weighted by Crippen LogP contribution is 2.19. The maximum absolute atomic E-state index is 5.80. The van der Waals surface area contributed by atoms with Gasteiger partial charge in [0.25, 0.3) is 0 Å². The summed E-state index contributed by atoms with van der Waals surface area (Å²) in [5.41, 5.74) is 1.02. The van der Waals surface area contributed by atoms with Crippen LogP contribution in [-0.4, -0.2) is 9.97 Å². The molecule has 0 unspecified atom stereocenters. The first kappa shape index (κ1) is 9.43. The van der Waals surface area contributed by atoms with E-state index in [1.165, 1.54) is 0 Å². The predicted molar refractivity (Wildman–Crippen MR) is 59.4 cm³/mol. The Morgan fingerprint density at radius 2 is 2.29 bits per heavy atom. The third-order valence-corrected chi connectivity index (χ3v) is 2.48. The van der Waals surface area contributed by atoms with E-state index in [4.69, 9.17) is 11.6 Å². The normalized spacial score (nSPS) is 10.1. The summed E-state index contributed by atoms with van der Waals surface area (Å²) in [7, 11) is 0. The molecule has 0 aliphatic carbocycles. The lowest BCUT2D eigenvalue weighted by Crippen LogP contribution is -1.96. The summed E-state index contributed by atoms with van der Waals surface area (Å²) in [5.74, 6) is 1.39. The van der Waals surface area contributed by atoms with Crippen molar-refractivity contribution in [2.24, 2.45) is 0 Å². The van der Waals surface area contributed by atoms with Crippen LogP contribution >= 0.6 is 22.9 Å². The number of aryl methyl sites for hydroxylation is 1. The van der Waals surface area contributed by atoms with Crippen LogP contribution in [0.25, 0.3) is 0 Å². The van der Waals surface area contributed by atoms with E-state index in [0.29, 0.717) is 11.0 Å². The molecule has 0 aliphatic heterocycles. The number of rotatable bonds is 2. The van der Waals surface area contributed by atoms with E-state index in [1.807, 2.05) is 23.8 Å². The first-order chi connectivity index (χ1) is 6.74. The SMILES string of the molecule is Cc1nc(Cl)cc(Nc2ccsc2)n1. The number of hydrogen-bond donors (Lipinski definition) is 1. The maximum atomic E-state index is 5.80. The van der Waals surface area contributed by atoms with Crippen LogP contribution < -0.4 is 5.32 Å². The molecular formula is C9H8ClN3S. The van der Waals surface area contributed by atoms with Gasteiger partial charge in [0.15, 0.2) is 0 Å². The molecule has 0 amide bonds. The van der Waals surface area contributed by atoms with Gasteiger partial charge in [0.2, 0.25) is 0 Å². The summed E-state index contributed by atoms with van der Waals surface area (Å²) in [6.45, 7) is 1.81. The van der Waals surface area contributed by atoms with E-state index in [-0.39, 0.29) is 0 Å². The van der Waals surface area contributed by atoms with Crippen LogP contribution in [-0.2, 0) is 0 Å². The molecule has 0 aliphatic rings. The minimum atomic E-state index is 0.454. The average Bonchev–Trinajstić information content (AvgIpc) is 2.54. The molecule has 2 aromatic rings. The number of nitrogens with one attached hydrogen (secondary N) is 1. The fourth-order valence-corrected chi connectivity index (χ4v) is 1.89. The van der Waals surface area contributed by atoms with Crippen molar-refractivity contribution in [3.63, 3.8) is 0 Å². The summed E-state index contributed by atoms with van der Waals surface area (Å²) in [6, 6.07) is 3.68. The van der Waals surface area contributed by atoms with Crippen molar-refractivity contribution in [1.82, 2.24) is 9.97 Å². The lowest BCUT2D eigenvalue weighted by molar-refractivity contribution is 1.06. The molecule has 3 nitrogen and oxygen atoms in total. The monoisotopic (exact) mass is 225 g/mol. The number of hydrogen-bond acceptors (Lipinski definition) is 4. The molecule has 0 saturated carbocycles. The molecule has 5 heteroatoms. The Hall–Kier alpha value is -1.13. The zero-order valence-corrected chi connectivity index (χ0v) is 9.06. The summed E-state index contributed by atoms with van der Waals surface area (Å²) in [5, 5.41) is 7.60. The summed E-state index contributed by atoms with van der Waals surface area (Å²) in [4.78, 5) is 8.19. The molecule has 2 aromatic heterocycles. The van der Waals surface area contributed by atoms with Crippen LogP contribution in [0.1, 0.15) is 5.82 Å². The van der Waals surface area contributed by atoms with Crippen molar-refractivity contribution < 1.29 is 0 Å². The van der Waals surface area contributed by atoms with Crippen LogP contribution in [0, 0.1) is 6.92 Å². The first-order valence-corrected chi connectivity index (χ1v) is 5.36. The molecule has 0 fully saturated rings. The number of aromatic nitrogens is 2. The minimum Gasteiger partial charge on any atom is -0.339 e. The zero-order valence-electron chi connectivity index (χ0n) is 7.49. The number of anilines is 2. The fourth-order valence-electron chi connectivity index (χ4n) is 1.08. The molecular weight excluding hydrogens is 218 g/mol. The van der Waals surface area contributed by atoms with Gasteiger partial charge in [-0.15, -0.1) is 0 Å². The van der Waals surface area contributed by atoms with Gasteiger partial charge in [-0.1, -0.05) is 11.6 Å². The van der Waals surface area contributed by atoms with E-state index in [0.717, 1.165) is 11.5 Å². The molecule has 14 heavy (non-hydrogen) atoms. The molecule has 72 valence electrons. The smallest absolute Gasteiger partial charge is 0.135 e. The highest BCUT2D eigenvalue weighted by atomic mass is 35.5. The molecule has 2 heterocycles. The van der Waals surface area contributed by atoms with Crippen LogP contribution in [0.3, 0.4) is 0 Å². The minimum absolute atomic E-state index is 0.454. The lowest BCUT2D eigenvalue weighted by Gasteiger charge is -2.03. The van der Waals surface area contributed by atoms with Crippen molar-refractivity contribution in [2.45, 2.75) is 6.92 Å². The molecule has 0 bridgehead atoms. The molecule has 0 aromatic carbocycles. The van der Waals surface area contributed by atoms with Gasteiger partial charge in [0.1, 0.15) is 16.8 Å². The Labute approximate surface area is 90.8 Å². The van der Waals surface area contributed by atoms with Gasteiger partial charge in [0.05, 0.1) is 5.69 Å². The number of nitrogens with zero attached hydrogens (tertiary/aromatic N) is 2. The Bertz CT molecular complexity index is 407. The Morgan fingerprint density at radius 3 is 2.93 bits per heavy atom. The average molecular weight is 226 g/mol. The van der Waals surface area contributed by atoms with Crippen molar-refractivity contribution in [3.8, 4) is 0 Å². The van der Waals surface area contributed by atoms with Crippen LogP contribution in [0.5, 0.6) is 0 Å². The third-order valence-electron chi connectivity index (χ3n) is 1.60. The molecule has 0 saturated heterocycles. The largest absolute Gasteiger partial charge is 0.339 e. The second-order valence-electron chi connectivity index (χ2n) is 2.76. The highest BCUT2D eigenvalue weighted by molar-refractivity contribution is 7.08. The Morgan fingerprint density at radius 1 is 1.43 bits per heavy atom. The number of thiophene rings is 1. The zero-order chi connectivity index (χ0) is 9.97. The van der Waals surface area contributed by atoms with Gasteiger partial charge in [-0.2, -0.15) is 11.3 Å². The molecule has 0 radical (unpaired) electrons. The van der Waals surface area contributed by atoms with Gasteiger partial charge in [-0.3, -0.25) is 0 Å². The van der Waals surface area contributed by atoms with Crippen molar-refractivity contribution >= 4 is 34.4 Å². The van der Waals surface area contributed by atoms with E-state index < -0.39 is 0 Å². The number of halogens is 1. The van der Waals surface area contributed by atoms with Gasteiger partial charge < -0.3 is 5.32 Å². The quantitative estimate of drug-likeness (QED) is 0.798. The van der Waals surface area contributed by atoms with E-state index in [1.54, 1.807) is 17.4 Å². The van der Waals surface area contributed by atoms with Crippen LogP contribution in [0.15, 0.2) is 22.9 Å². The van der Waals surface area contributed by atoms with Crippen LogP contribution in [0.2, 0.25) is 5.15 Å². The van der Waals surface area contributed by atoms with Gasteiger partial charge in [0, 0.05) is 11.4 Å². The maximum Gasteiger partial charge on any atom is 0.135 e. The van der Waals surface area contributed by atoms with Gasteiger partial charge in [-0.25, -0.2) is 9.97 Å². The summed E-state index contributed by atoms with van der Waals surface area (Å²) >= 11 is 7.43. The second kappa shape index (κ2) is 3.94. The molecule has 2 rings (SSSR count). The Balaban J connectivity index is 2.25. The van der Waals surface area contributed by atoms with Gasteiger partial charge in [-0.05, 0) is 18.4 Å². The van der Waals surface area contributed by atoms with Crippen molar-refractivity contribution in [1.29, 1.82) is 0 Å². The predicted octanol–water partition coefficient (Wildman–Crippen LogP) is 3.24. The standard InChI is InChI=1S/C9H8ClN3S/c1-6-11-8(10)4-9(12-6)13-7-2-3-14-5-7/h2-5H,1H3,(H,11,12,13). The van der Waals surface area contributed by atoms with Crippen molar-refractivity contribution in [3.05, 3.63) is 33.9 Å². The van der Waals surface area contributed by atoms with E-state index in [2.05, 4.69) is 15.3 Å². The second-order valence-corrected chi connectivity index (χ2v) is 3.93. The first-order valence-electron chi connectivity index (χ1n) is 4.04. The van der Waals surface area contributed by atoms with E-state index >= 15 is 0 Å². The highest BCUT2D eigenvalue weighted by Gasteiger charge is 2.00. The molecule has 0 atom stereocenters. The third kappa shape index (κ3) is 2.21. The van der Waals surface area contributed by atoms with Gasteiger partial charge >= 0.3 is 0 Å².